The number of carbonyl (C=O) groups excluding carboxylic acids is 2. The average Bonchev–Trinajstić information content (AvgIpc) is 3.15. The second-order valence-corrected chi connectivity index (χ2v) is 8.59. The van der Waals surface area contributed by atoms with Crippen LogP contribution in [-0.2, 0) is 19.1 Å². The highest BCUT2D eigenvalue weighted by atomic mass is 32.2. The zero-order valence-electron chi connectivity index (χ0n) is 15.8. The van der Waals surface area contributed by atoms with Crippen LogP contribution in [0.4, 0.5) is 5.69 Å². The Kier molecular flexibility index (Phi) is 5.43. The molecule has 2 aliphatic heterocycles. The molecule has 0 amide bonds. The largest absolute Gasteiger partial charge is 0.464 e. The maximum atomic E-state index is 12.4. The van der Waals surface area contributed by atoms with Crippen molar-refractivity contribution < 1.29 is 19.1 Å². The number of ether oxygens (including phenoxy) is 2. The van der Waals surface area contributed by atoms with Crippen molar-refractivity contribution in [2.45, 2.75) is 25.1 Å². The number of hydrogen-bond donors (Lipinski definition) is 0. The van der Waals surface area contributed by atoms with Crippen molar-refractivity contribution in [3.63, 3.8) is 0 Å². The number of esters is 2. The molecule has 0 saturated carbocycles. The van der Waals surface area contributed by atoms with Gasteiger partial charge in [-0.25, -0.2) is 14.6 Å². The molecule has 2 aliphatic rings. The van der Waals surface area contributed by atoms with Crippen LogP contribution in [0.2, 0.25) is 0 Å². The molecule has 9 heteroatoms. The molecule has 0 aromatic heterocycles. The Bertz CT molecular complexity index is 855. The quantitative estimate of drug-likeness (QED) is 0.705. The summed E-state index contributed by atoms with van der Waals surface area (Å²) >= 11 is 2.58. The van der Waals surface area contributed by atoms with Crippen LogP contribution < -0.4 is 5.01 Å². The van der Waals surface area contributed by atoms with Crippen LogP contribution in [0.25, 0.3) is 0 Å². The summed E-state index contributed by atoms with van der Waals surface area (Å²) in [7, 11) is 3.20. The van der Waals surface area contributed by atoms with E-state index in [2.05, 4.69) is 5.10 Å². The lowest BCUT2D eigenvalue weighted by Gasteiger charge is -2.39. The molecule has 0 saturated heterocycles. The molecular formula is C18H21N3O4S2. The lowest BCUT2D eigenvalue weighted by molar-refractivity contribution is -0.137. The van der Waals surface area contributed by atoms with Gasteiger partial charge >= 0.3 is 11.9 Å². The van der Waals surface area contributed by atoms with Gasteiger partial charge in [-0.1, -0.05) is 23.9 Å². The van der Waals surface area contributed by atoms with E-state index in [1.807, 2.05) is 50.1 Å². The summed E-state index contributed by atoms with van der Waals surface area (Å²) in [6.45, 7) is 5.92. The topological polar surface area (TPSA) is 71.4 Å². The summed E-state index contributed by atoms with van der Waals surface area (Å²) in [6, 6.07) is 7.83. The van der Waals surface area contributed by atoms with Gasteiger partial charge in [-0.05, 0) is 50.2 Å². The number of rotatable bonds is 4. The maximum Gasteiger partial charge on any atom is 0.365 e. The molecular weight excluding hydrogens is 386 g/mol. The van der Waals surface area contributed by atoms with Crippen LogP contribution in [0.1, 0.15) is 19.4 Å². The van der Waals surface area contributed by atoms with Crippen molar-refractivity contribution in [3.05, 3.63) is 40.4 Å². The lowest BCUT2D eigenvalue weighted by atomic mass is 10.2. The number of anilines is 1. The van der Waals surface area contributed by atoms with E-state index in [1.54, 1.807) is 11.9 Å². The zero-order valence-corrected chi connectivity index (χ0v) is 17.4. The first-order valence-corrected chi connectivity index (χ1v) is 10.0. The molecule has 0 N–H and O–H groups in total. The number of carbonyl (C=O) groups is 2. The summed E-state index contributed by atoms with van der Waals surface area (Å²) < 4.78 is 9.23. The number of hydrogen-bond acceptors (Lipinski definition) is 9. The van der Waals surface area contributed by atoms with E-state index in [0.717, 1.165) is 16.9 Å². The Morgan fingerprint density at radius 3 is 2.59 bits per heavy atom. The molecule has 1 aromatic carbocycles. The highest BCUT2D eigenvalue weighted by Crippen LogP contribution is 2.58. The number of thioether (sulfide) groups is 2. The van der Waals surface area contributed by atoms with E-state index in [4.69, 9.17) is 9.47 Å². The van der Waals surface area contributed by atoms with Crippen LogP contribution in [0.5, 0.6) is 0 Å². The monoisotopic (exact) mass is 407 g/mol. The van der Waals surface area contributed by atoms with Crippen molar-refractivity contribution in [2.24, 2.45) is 5.10 Å². The number of hydrazone groups is 1. The molecule has 3 rings (SSSR count). The predicted octanol–water partition coefficient (Wildman–Crippen LogP) is 3.12. The van der Waals surface area contributed by atoms with Gasteiger partial charge in [-0.15, -0.1) is 0 Å². The first kappa shape index (κ1) is 19.6. The minimum absolute atomic E-state index is 0.233. The highest BCUT2D eigenvalue weighted by molar-refractivity contribution is 8.28. The average molecular weight is 408 g/mol. The summed E-state index contributed by atoms with van der Waals surface area (Å²) in [5.74, 6) is -0.884. The Morgan fingerprint density at radius 1 is 1.22 bits per heavy atom. The van der Waals surface area contributed by atoms with Gasteiger partial charge in [0.25, 0.3) is 0 Å². The molecule has 0 radical (unpaired) electrons. The molecule has 0 unspecified atom stereocenters. The third-order valence-electron chi connectivity index (χ3n) is 4.25. The standard InChI is InChI=1S/C18H21N3O4S2/c1-6-25-16(22)14-12(3)20(4)18(26-14)21(13-9-7-8-11(2)10-13)19-15(27-18)17(23)24-5/h7-10H,6H2,1-5H3/t18-/m0/s1. The minimum Gasteiger partial charge on any atom is -0.464 e. The van der Waals surface area contributed by atoms with Crippen LogP contribution >= 0.6 is 23.5 Å². The summed E-state index contributed by atoms with van der Waals surface area (Å²) in [5, 5.41) is 6.52. The second kappa shape index (κ2) is 7.47. The summed E-state index contributed by atoms with van der Waals surface area (Å²) in [4.78, 5) is 27.0. The fourth-order valence-electron chi connectivity index (χ4n) is 2.79. The van der Waals surface area contributed by atoms with E-state index in [1.165, 1.54) is 30.6 Å². The number of benzene rings is 1. The van der Waals surface area contributed by atoms with Crippen molar-refractivity contribution in [3.8, 4) is 0 Å². The van der Waals surface area contributed by atoms with Gasteiger partial charge in [-0.3, -0.25) is 0 Å². The smallest absolute Gasteiger partial charge is 0.365 e. The third kappa shape index (κ3) is 3.29. The van der Waals surface area contributed by atoms with Crippen LogP contribution in [-0.4, -0.2) is 47.0 Å². The molecule has 1 aromatic rings. The Balaban J connectivity index is 2.05. The predicted molar refractivity (Wildman–Crippen MR) is 108 cm³/mol. The highest BCUT2D eigenvalue weighted by Gasteiger charge is 2.56. The van der Waals surface area contributed by atoms with Crippen molar-refractivity contribution in [2.75, 3.05) is 25.8 Å². The molecule has 1 spiro atoms. The van der Waals surface area contributed by atoms with E-state index in [0.29, 0.717) is 11.5 Å². The van der Waals surface area contributed by atoms with Gasteiger partial charge in [0.1, 0.15) is 4.91 Å². The van der Waals surface area contributed by atoms with Crippen molar-refractivity contribution in [1.82, 2.24) is 4.90 Å². The van der Waals surface area contributed by atoms with E-state index >= 15 is 0 Å². The van der Waals surface area contributed by atoms with Crippen molar-refractivity contribution in [1.29, 1.82) is 0 Å². The Morgan fingerprint density at radius 2 is 1.96 bits per heavy atom. The first-order valence-electron chi connectivity index (χ1n) is 8.37. The summed E-state index contributed by atoms with van der Waals surface area (Å²) in [5.41, 5.74) is 2.65. The molecule has 0 bridgehead atoms. The second-order valence-electron chi connectivity index (χ2n) is 5.99. The fraction of sp³-hybridized carbons (Fsp3) is 0.389. The molecule has 144 valence electrons. The zero-order chi connectivity index (χ0) is 19.8. The maximum absolute atomic E-state index is 12.4. The van der Waals surface area contributed by atoms with Crippen molar-refractivity contribution >= 4 is 46.2 Å². The van der Waals surface area contributed by atoms with Crippen LogP contribution in [0.15, 0.2) is 40.0 Å². The van der Waals surface area contributed by atoms with E-state index < -0.39 is 10.3 Å². The van der Waals surface area contributed by atoms with Crippen LogP contribution in [0.3, 0.4) is 0 Å². The number of methoxy groups -OCH3 is 1. The number of nitrogens with zero attached hydrogens (tertiary/aromatic N) is 3. The molecule has 0 fully saturated rings. The third-order valence-corrected chi connectivity index (χ3v) is 7.28. The molecule has 27 heavy (non-hydrogen) atoms. The van der Waals surface area contributed by atoms with Gasteiger partial charge in [0.15, 0.2) is 0 Å². The van der Waals surface area contributed by atoms with Gasteiger partial charge < -0.3 is 14.4 Å². The molecule has 0 aliphatic carbocycles. The normalized spacial score (nSPS) is 21.7. The van der Waals surface area contributed by atoms with Gasteiger partial charge in [0.2, 0.25) is 9.37 Å². The fourth-order valence-corrected chi connectivity index (χ4v) is 5.69. The first-order chi connectivity index (χ1) is 12.8. The van der Waals surface area contributed by atoms with Crippen LogP contribution in [0, 0.1) is 6.92 Å². The molecule has 7 nitrogen and oxygen atoms in total. The summed E-state index contributed by atoms with van der Waals surface area (Å²) in [6.07, 6.45) is 0. The SMILES string of the molecule is CCOC(=O)C1=C(C)N(C)[C@@]2(SC(C(=O)OC)=NN2c2cccc(C)c2)S1. The Labute approximate surface area is 166 Å². The minimum atomic E-state index is -0.844. The number of allylic oxidation sites excluding steroid dienone is 1. The van der Waals surface area contributed by atoms with E-state index in [9.17, 15) is 9.59 Å². The molecule has 2 heterocycles. The molecule has 1 atom stereocenters. The number of aryl methyl sites for hydroxylation is 1. The Hall–Kier alpha value is -2.13. The lowest BCUT2D eigenvalue weighted by Crippen LogP contribution is -2.47. The van der Waals surface area contributed by atoms with Gasteiger partial charge in [0, 0.05) is 12.7 Å². The van der Waals surface area contributed by atoms with E-state index in [-0.39, 0.29) is 11.0 Å². The van der Waals surface area contributed by atoms with Gasteiger partial charge in [-0.2, -0.15) is 5.10 Å². The van der Waals surface area contributed by atoms with Gasteiger partial charge in [0.05, 0.1) is 19.4 Å².